The average molecular weight is 388 g/mol. The second kappa shape index (κ2) is 42.1. The second-order valence-electron chi connectivity index (χ2n) is 2.44. The fraction of sp³-hybridized carbons (Fsp3) is 1.00. The van der Waals surface area contributed by atoms with Crippen molar-refractivity contribution in [3.63, 3.8) is 0 Å². The van der Waals surface area contributed by atoms with Crippen molar-refractivity contribution in [2.45, 2.75) is 55.9 Å². The highest BCUT2D eigenvalue weighted by Gasteiger charge is 1.68. The van der Waals surface area contributed by atoms with Crippen LogP contribution in [-0.4, -0.2) is 0 Å². The first-order valence-electron chi connectivity index (χ1n) is 3.29. The third-order valence-corrected chi connectivity index (χ3v) is 0. The van der Waals surface area contributed by atoms with Crippen molar-refractivity contribution in [2.75, 3.05) is 0 Å². The predicted octanol–water partition coefficient (Wildman–Crippen LogP) is 6.12. The van der Waals surface area contributed by atoms with E-state index in [0.717, 1.165) is 5.92 Å². The Morgan fingerprint density at radius 1 is 0.909 bits per heavy atom. The molecule has 0 nitrogen and oxygen atoms in total. The van der Waals surface area contributed by atoms with Crippen LogP contribution in [-0.2, 0) is 0 Å². The minimum atomic E-state index is 0. The highest BCUT2D eigenvalue weighted by Crippen LogP contribution is 1.89. The Kier molecular flexibility index (Phi) is 112. The lowest BCUT2D eigenvalue weighted by atomic mass is 10.3. The third kappa shape index (κ3) is 481. The predicted molar refractivity (Wildman–Crippen MR) is 78.0 cm³/mol. The monoisotopic (exact) mass is 388 g/mol. The molecule has 11 heavy (non-hydrogen) atoms. The standard InChI is InChI=1S/C4H10.C3H8.2CH4.I2/c1-4(2)3;1-3-2;;;1-2/h4H,1-3H3;3H2,1-2H3;2*1H4;. The van der Waals surface area contributed by atoms with Crippen molar-refractivity contribution in [3.8, 4) is 0 Å². The Morgan fingerprint density at radius 2 is 0.909 bits per heavy atom. The largest absolute Gasteiger partial charge is 0.0776 e. The molecule has 0 saturated heterocycles. The van der Waals surface area contributed by atoms with Crippen molar-refractivity contribution in [2.24, 2.45) is 5.92 Å². The first-order chi connectivity index (χ1) is 4.15. The Bertz CT molecular complexity index is 18.8. The number of hydrogen-bond donors (Lipinski definition) is 0. The summed E-state index contributed by atoms with van der Waals surface area (Å²) in [4.78, 5) is 0. The van der Waals surface area contributed by atoms with Gasteiger partial charge >= 0.3 is 0 Å². The normalized spacial score (nSPS) is 5.45. The van der Waals surface area contributed by atoms with Gasteiger partial charge in [0.15, 0.2) is 0 Å². The van der Waals surface area contributed by atoms with E-state index in [1.807, 2.05) is 0 Å². The van der Waals surface area contributed by atoms with E-state index >= 15 is 0 Å². The van der Waals surface area contributed by atoms with Gasteiger partial charge in [-0.1, -0.05) is 55.9 Å². The Balaban J connectivity index is -0.0000000158. The molecule has 0 aliphatic carbocycles. The molecule has 0 spiro atoms. The molecule has 2 heteroatoms. The molecule has 0 bridgehead atoms. The van der Waals surface area contributed by atoms with Gasteiger partial charge in [-0.25, -0.2) is 0 Å². The summed E-state index contributed by atoms with van der Waals surface area (Å²) in [5.74, 6) is 0.833. The molecule has 0 fully saturated rings. The molecule has 0 aromatic carbocycles. The van der Waals surface area contributed by atoms with Gasteiger partial charge in [0, 0.05) is 37.2 Å². The molecule has 0 aromatic rings. The molecule has 76 valence electrons. The molecule has 0 N–H and O–H groups in total. The SMILES string of the molecule is C.C.CC(C)C.CCC.II. The molecule has 0 unspecified atom stereocenters. The van der Waals surface area contributed by atoms with Crippen LogP contribution in [0.4, 0.5) is 0 Å². The number of rotatable bonds is 0. The molecule has 0 amide bonds. The summed E-state index contributed by atoms with van der Waals surface area (Å²) in [5, 5.41) is 0. The fourth-order valence-electron chi connectivity index (χ4n) is 0. The van der Waals surface area contributed by atoms with Gasteiger partial charge in [-0.2, -0.15) is 0 Å². The zero-order valence-corrected chi connectivity index (χ0v) is 11.4. The van der Waals surface area contributed by atoms with Gasteiger partial charge in [0.25, 0.3) is 0 Å². The van der Waals surface area contributed by atoms with Crippen LogP contribution in [0.3, 0.4) is 0 Å². The van der Waals surface area contributed by atoms with E-state index in [0.29, 0.717) is 0 Å². The minimum absolute atomic E-state index is 0. The molecule has 0 aliphatic heterocycles. The molecule has 0 aliphatic rings. The van der Waals surface area contributed by atoms with Gasteiger partial charge in [0.2, 0.25) is 0 Å². The van der Waals surface area contributed by atoms with Crippen molar-refractivity contribution >= 4 is 37.2 Å². The van der Waals surface area contributed by atoms with Gasteiger partial charge < -0.3 is 0 Å². The zero-order chi connectivity index (χ0) is 8.28. The first-order valence-corrected chi connectivity index (χ1v) is 9.57. The van der Waals surface area contributed by atoms with Gasteiger partial charge in [-0.05, 0) is 5.92 Å². The van der Waals surface area contributed by atoms with Gasteiger partial charge in [0.1, 0.15) is 0 Å². The van der Waals surface area contributed by atoms with Crippen LogP contribution in [0.5, 0.6) is 0 Å². The van der Waals surface area contributed by atoms with Gasteiger partial charge in [-0.3, -0.25) is 0 Å². The summed E-state index contributed by atoms with van der Waals surface area (Å²) in [6.45, 7) is 10.8. The lowest BCUT2D eigenvalue weighted by molar-refractivity contribution is 0.737. The van der Waals surface area contributed by atoms with Crippen LogP contribution in [0.1, 0.15) is 55.9 Å². The summed E-state index contributed by atoms with van der Waals surface area (Å²) in [6, 6.07) is 0. The van der Waals surface area contributed by atoms with E-state index in [-0.39, 0.29) is 14.9 Å². The van der Waals surface area contributed by atoms with Crippen LogP contribution in [0.2, 0.25) is 0 Å². The van der Waals surface area contributed by atoms with Crippen LogP contribution in [0.15, 0.2) is 0 Å². The maximum Gasteiger partial charge on any atom is 0 e. The number of hydrogen-bond acceptors (Lipinski definition) is 0. The summed E-state index contributed by atoms with van der Waals surface area (Å²) in [6.07, 6.45) is 1.25. The van der Waals surface area contributed by atoms with E-state index in [9.17, 15) is 0 Å². The van der Waals surface area contributed by atoms with E-state index < -0.39 is 0 Å². The highest BCUT2D eigenvalue weighted by atomic mass is 128. The molecule has 0 heterocycles. The van der Waals surface area contributed by atoms with Crippen LogP contribution >= 0.6 is 37.2 Å². The third-order valence-electron chi connectivity index (χ3n) is 0. The van der Waals surface area contributed by atoms with E-state index in [2.05, 4.69) is 71.9 Å². The van der Waals surface area contributed by atoms with Crippen LogP contribution < -0.4 is 0 Å². The van der Waals surface area contributed by atoms with Gasteiger partial charge in [0.05, 0.1) is 0 Å². The lowest BCUT2D eigenvalue weighted by Gasteiger charge is -1.79. The molecule has 0 atom stereocenters. The maximum atomic E-state index is 2.17. The van der Waals surface area contributed by atoms with E-state index in [1.54, 1.807) is 0 Å². The molecule has 0 aromatic heterocycles. The van der Waals surface area contributed by atoms with E-state index in [4.69, 9.17) is 0 Å². The average Bonchev–Trinajstić information content (AvgIpc) is 1.71. The van der Waals surface area contributed by atoms with Crippen LogP contribution in [0, 0.1) is 5.92 Å². The lowest BCUT2D eigenvalue weighted by Crippen LogP contribution is -1.66. The van der Waals surface area contributed by atoms with Gasteiger partial charge in [-0.15, -0.1) is 0 Å². The van der Waals surface area contributed by atoms with Crippen molar-refractivity contribution in [1.82, 2.24) is 0 Å². The Labute approximate surface area is 98.2 Å². The van der Waals surface area contributed by atoms with E-state index in [1.165, 1.54) is 6.42 Å². The minimum Gasteiger partial charge on any atom is -0.0776 e. The number of halogens is 2. The summed E-state index contributed by atoms with van der Waals surface area (Å²) in [7, 11) is 0. The molecular formula is C9H26I2. The molecule has 0 rings (SSSR count). The zero-order valence-electron chi connectivity index (χ0n) is 7.04. The van der Waals surface area contributed by atoms with Crippen molar-refractivity contribution < 1.29 is 0 Å². The second-order valence-corrected chi connectivity index (χ2v) is 2.44. The quantitative estimate of drug-likeness (QED) is 0.439. The highest BCUT2D eigenvalue weighted by molar-refractivity contribution is 15.0. The van der Waals surface area contributed by atoms with Crippen molar-refractivity contribution in [1.29, 1.82) is 0 Å². The molecule has 0 radical (unpaired) electrons. The maximum absolute atomic E-state index is 2.17. The fourth-order valence-corrected chi connectivity index (χ4v) is 0. The molecular weight excluding hydrogens is 362 g/mol. The topological polar surface area (TPSA) is 0 Å². The summed E-state index contributed by atoms with van der Waals surface area (Å²) in [5.41, 5.74) is 0. The van der Waals surface area contributed by atoms with Crippen LogP contribution in [0.25, 0.3) is 0 Å². The molecule has 0 saturated carbocycles. The Morgan fingerprint density at radius 3 is 0.909 bits per heavy atom. The van der Waals surface area contributed by atoms with Crippen molar-refractivity contribution in [3.05, 3.63) is 0 Å². The summed E-state index contributed by atoms with van der Waals surface area (Å²) >= 11 is 4.24. The summed E-state index contributed by atoms with van der Waals surface area (Å²) < 4.78 is 0. The first kappa shape index (κ1) is 29.4. The smallest absolute Gasteiger partial charge is 0 e. The Hall–Kier alpha value is 1.46.